The highest BCUT2D eigenvalue weighted by atomic mass is 16.6. The Balaban J connectivity index is 3.10. The zero-order chi connectivity index (χ0) is 7.28. The van der Waals surface area contributed by atoms with E-state index >= 15 is 0 Å². The maximum absolute atomic E-state index is 9.56. The minimum atomic E-state index is -0.566. The predicted octanol–water partition coefficient (Wildman–Crippen LogP) is -0.0701. The first-order valence-corrected chi connectivity index (χ1v) is 2.36. The van der Waals surface area contributed by atoms with Crippen LogP contribution < -0.4 is 0 Å². The summed E-state index contributed by atoms with van der Waals surface area (Å²) in [5.41, 5.74) is 0. The molecule has 0 spiro atoms. The molecular formula is C3H6N2O4. The summed E-state index contributed by atoms with van der Waals surface area (Å²) in [5.74, 6) is 0. The zero-order valence-corrected chi connectivity index (χ0v) is 4.65. The highest BCUT2D eigenvalue weighted by molar-refractivity contribution is 4.29. The lowest BCUT2D eigenvalue weighted by Gasteiger charge is -1.87. The van der Waals surface area contributed by atoms with Crippen LogP contribution in [0.5, 0.6) is 0 Å². The zero-order valence-electron chi connectivity index (χ0n) is 4.65. The molecule has 0 aromatic rings. The molecule has 9 heavy (non-hydrogen) atoms. The predicted molar refractivity (Wildman–Crippen MR) is 28.3 cm³/mol. The lowest BCUT2D eigenvalue weighted by Crippen LogP contribution is -2.08. The maximum Gasteiger partial charge on any atom is 0.210 e. The second-order valence-corrected chi connectivity index (χ2v) is 1.47. The minimum Gasteiger partial charge on any atom is -0.265 e. The average molecular weight is 134 g/mol. The molecular weight excluding hydrogens is 128 g/mol. The van der Waals surface area contributed by atoms with Crippen LogP contribution in [0.2, 0.25) is 0 Å². The van der Waals surface area contributed by atoms with Crippen molar-refractivity contribution in [3.05, 3.63) is 20.2 Å². The summed E-state index contributed by atoms with van der Waals surface area (Å²) in [6.07, 6.45) is 0.0139. The highest BCUT2D eigenvalue weighted by Gasteiger charge is 2.01. The fourth-order valence-electron chi connectivity index (χ4n) is 0.329. The van der Waals surface area contributed by atoms with Gasteiger partial charge in [0.25, 0.3) is 0 Å². The quantitative estimate of drug-likeness (QED) is 0.397. The summed E-state index contributed by atoms with van der Waals surface area (Å²) in [4.78, 5) is 18.0. The molecule has 0 radical (unpaired) electrons. The van der Waals surface area contributed by atoms with Crippen molar-refractivity contribution in [3.8, 4) is 0 Å². The average Bonchev–Trinajstić information content (AvgIpc) is 1.63. The summed E-state index contributed by atoms with van der Waals surface area (Å²) in [6, 6.07) is 0. The van der Waals surface area contributed by atoms with Crippen molar-refractivity contribution in [3.63, 3.8) is 0 Å². The molecule has 0 aliphatic heterocycles. The van der Waals surface area contributed by atoms with Crippen LogP contribution in [0.1, 0.15) is 6.42 Å². The van der Waals surface area contributed by atoms with Gasteiger partial charge in [-0.15, -0.1) is 0 Å². The van der Waals surface area contributed by atoms with E-state index in [4.69, 9.17) is 0 Å². The van der Waals surface area contributed by atoms with E-state index in [-0.39, 0.29) is 19.5 Å². The second kappa shape index (κ2) is 3.76. The van der Waals surface area contributed by atoms with E-state index in [0.717, 1.165) is 0 Å². The van der Waals surface area contributed by atoms with Crippen molar-refractivity contribution in [2.75, 3.05) is 13.1 Å². The van der Waals surface area contributed by atoms with Gasteiger partial charge >= 0.3 is 0 Å². The van der Waals surface area contributed by atoms with Crippen LogP contribution in [0.4, 0.5) is 0 Å². The van der Waals surface area contributed by atoms with Gasteiger partial charge in [0.15, 0.2) is 0 Å². The Hall–Kier alpha value is -1.20. The molecule has 0 aromatic heterocycles. The van der Waals surface area contributed by atoms with Crippen LogP contribution in [0.15, 0.2) is 0 Å². The second-order valence-electron chi connectivity index (χ2n) is 1.47. The summed E-state index contributed by atoms with van der Waals surface area (Å²) in [5, 5.41) is 19.1. The van der Waals surface area contributed by atoms with E-state index in [1.165, 1.54) is 0 Å². The molecule has 0 unspecified atom stereocenters. The van der Waals surface area contributed by atoms with Crippen molar-refractivity contribution >= 4 is 0 Å². The van der Waals surface area contributed by atoms with Crippen LogP contribution in [-0.2, 0) is 0 Å². The summed E-state index contributed by atoms with van der Waals surface area (Å²) < 4.78 is 0. The van der Waals surface area contributed by atoms with E-state index in [9.17, 15) is 20.2 Å². The van der Waals surface area contributed by atoms with Gasteiger partial charge in [0.2, 0.25) is 13.1 Å². The Bertz CT molecular complexity index is 109. The SMILES string of the molecule is O=[N+]([O-])CCC[N+](=O)[O-]. The Labute approximate surface area is 50.8 Å². The maximum atomic E-state index is 9.56. The fourth-order valence-corrected chi connectivity index (χ4v) is 0.329. The molecule has 0 N–H and O–H groups in total. The molecule has 0 aromatic carbocycles. The first-order valence-electron chi connectivity index (χ1n) is 2.36. The molecule has 6 heteroatoms. The molecule has 0 aliphatic carbocycles. The van der Waals surface area contributed by atoms with Crippen LogP contribution in [0.3, 0.4) is 0 Å². The van der Waals surface area contributed by atoms with Gasteiger partial charge < -0.3 is 0 Å². The minimum absolute atomic E-state index is 0.0139. The molecule has 0 amide bonds. The summed E-state index contributed by atoms with van der Waals surface area (Å²) in [6.45, 7) is -0.637. The van der Waals surface area contributed by atoms with E-state index in [0.29, 0.717) is 0 Å². The fraction of sp³-hybridized carbons (Fsp3) is 1.00. The topological polar surface area (TPSA) is 86.3 Å². The number of nitrogens with zero attached hydrogens (tertiary/aromatic N) is 2. The molecule has 0 bridgehead atoms. The van der Waals surface area contributed by atoms with Gasteiger partial charge in [-0.25, -0.2) is 0 Å². The van der Waals surface area contributed by atoms with Crippen molar-refractivity contribution < 1.29 is 9.85 Å². The molecule has 6 nitrogen and oxygen atoms in total. The first-order chi connectivity index (χ1) is 4.13. The van der Waals surface area contributed by atoms with Crippen molar-refractivity contribution in [2.45, 2.75) is 6.42 Å². The van der Waals surface area contributed by atoms with Crippen molar-refractivity contribution in [2.24, 2.45) is 0 Å². The molecule has 0 saturated heterocycles. The Morgan fingerprint density at radius 3 is 1.56 bits per heavy atom. The third kappa shape index (κ3) is 6.80. The molecule has 0 fully saturated rings. The molecule has 0 aliphatic rings. The molecule has 0 saturated carbocycles. The third-order valence-electron chi connectivity index (χ3n) is 0.681. The Morgan fingerprint density at radius 1 is 1.00 bits per heavy atom. The van der Waals surface area contributed by atoms with E-state index < -0.39 is 9.85 Å². The standard InChI is InChI=1S/C3H6N2O4/c6-4(7)2-1-3-5(8)9/h1-3H2. The van der Waals surface area contributed by atoms with Gasteiger partial charge in [-0.1, -0.05) is 0 Å². The number of hydrogen-bond acceptors (Lipinski definition) is 4. The lowest BCUT2D eigenvalue weighted by atomic mass is 10.4. The van der Waals surface area contributed by atoms with Crippen LogP contribution in [0, 0.1) is 20.2 Å². The van der Waals surface area contributed by atoms with Crippen LogP contribution >= 0.6 is 0 Å². The molecule has 0 rings (SSSR count). The van der Waals surface area contributed by atoms with Gasteiger partial charge in [0.1, 0.15) is 0 Å². The smallest absolute Gasteiger partial charge is 0.210 e. The number of nitro groups is 2. The van der Waals surface area contributed by atoms with Gasteiger partial charge in [-0.2, -0.15) is 0 Å². The van der Waals surface area contributed by atoms with E-state index in [1.807, 2.05) is 0 Å². The van der Waals surface area contributed by atoms with Gasteiger partial charge in [-0.05, 0) is 0 Å². The van der Waals surface area contributed by atoms with Gasteiger partial charge in [0, 0.05) is 9.85 Å². The monoisotopic (exact) mass is 134 g/mol. The summed E-state index contributed by atoms with van der Waals surface area (Å²) in [7, 11) is 0. The van der Waals surface area contributed by atoms with Crippen molar-refractivity contribution in [1.29, 1.82) is 0 Å². The largest absolute Gasteiger partial charge is 0.265 e. The summed E-state index contributed by atoms with van der Waals surface area (Å²) >= 11 is 0. The number of rotatable bonds is 4. The molecule has 52 valence electrons. The molecule has 0 atom stereocenters. The normalized spacial score (nSPS) is 8.89. The number of hydrogen-bond donors (Lipinski definition) is 0. The van der Waals surface area contributed by atoms with Crippen LogP contribution in [-0.4, -0.2) is 22.9 Å². The third-order valence-corrected chi connectivity index (χ3v) is 0.681. The van der Waals surface area contributed by atoms with Crippen LogP contribution in [0.25, 0.3) is 0 Å². The first kappa shape index (κ1) is 7.80. The van der Waals surface area contributed by atoms with E-state index in [1.54, 1.807) is 0 Å². The lowest BCUT2D eigenvalue weighted by molar-refractivity contribution is -0.510. The molecule has 0 heterocycles. The van der Waals surface area contributed by atoms with Gasteiger partial charge in [-0.3, -0.25) is 20.2 Å². The van der Waals surface area contributed by atoms with Crippen molar-refractivity contribution in [1.82, 2.24) is 0 Å². The van der Waals surface area contributed by atoms with E-state index in [2.05, 4.69) is 0 Å². The highest BCUT2D eigenvalue weighted by Crippen LogP contribution is 1.80. The van der Waals surface area contributed by atoms with Gasteiger partial charge in [0.05, 0.1) is 6.42 Å². The Morgan fingerprint density at radius 2 is 1.33 bits per heavy atom. The Kier molecular flexibility index (Phi) is 3.26.